The summed E-state index contributed by atoms with van der Waals surface area (Å²) in [5.74, 6) is 0. The molecular weight excluding hydrogens is 755 g/mol. The monoisotopic (exact) mass is 806 g/mol. The molecule has 45 heavy (non-hydrogen) atoms. The van der Waals surface area contributed by atoms with E-state index in [4.69, 9.17) is 0 Å². The summed E-state index contributed by atoms with van der Waals surface area (Å²) in [7, 11) is -4.53. The van der Waals surface area contributed by atoms with E-state index in [0.29, 0.717) is 7.35 Å². The predicted octanol–water partition coefficient (Wildman–Crippen LogP) is 11.1. The second-order valence-electron chi connectivity index (χ2n) is 16.8. The van der Waals surface area contributed by atoms with Crippen LogP contribution in [0, 0.1) is 0 Å². The molecular formula is C41H50HfSi3. The second kappa shape index (κ2) is 10.7. The van der Waals surface area contributed by atoms with Gasteiger partial charge in [-0.1, -0.05) is 0 Å². The first kappa shape index (κ1) is 31.5. The molecule has 1 saturated heterocycles. The molecule has 2 atom stereocenters. The molecule has 0 N–H and O–H groups in total. The molecule has 4 aromatic carbocycles. The van der Waals surface area contributed by atoms with E-state index in [2.05, 4.69) is 159 Å². The van der Waals surface area contributed by atoms with Crippen LogP contribution in [0.25, 0.3) is 34.4 Å². The van der Waals surface area contributed by atoms with Crippen molar-refractivity contribution in [1.29, 1.82) is 0 Å². The van der Waals surface area contributed by atoms with Crippen molar-refractivity contribution < 1.29 is 20.0 Å². The molecule has 2 unspecified atom stereocenters. The third kappa shape index (κ3) is 4.88. The number of allylic oxidation sites excluding steroid dienone is 2. The van der Waals surface area contributed by atoms with Crippen LogP contribution in [-0.2, 0) is 20.0 Å². The van der Waals surface area contributed by atoms with Crippen LogP contribution >= 0.6 is 0 Å². The summed E-state index contributed by atoms with van der Waals surface area (Å²) in [6.07, 6.45) is 5.46. The SMILES string of the molecule is CC[Si]1(C)C2=Cc3c(-c4ccc([Si](C)(C)C)cc4)cccc3[CH]2[Hf]([CH3])([CH3])[CH]2C1=Cc1c(-c3ccc([Si](C)(C)C)cc3)cccc12. The Morgan fingerprint density at radius 3 is 1.29 bits per heavy atom. The fraction of sp³-hybridized carbons (Fsp3) is 0.317. The van der Waals surface area contributed by atoms with Crippen LogP contribution in [0.1, 0.15) is 36.5 Å². The molecule has 0 aromatic heterocycles. The molecule has 0 bridgehead atoms. The molecule has 0 spiro atoms. The van der Waals surface area contributed by atoms with Gasteiger partial charge < -0.3 is 0 Å². The minimum absolute atomic E-state index is 0.679. The molecule has 0 amide bonds. The van der Waals surface area contributed by atoms with E-state index in [0.717, 1.165) is 0 Å². The van der Waals surface area contributed by atoms with Gasteiger partial charge in [-0.25, -0.2) is 0 Å². The van der Waals surface area contributed by atoms with E-state index in [9.17, 15) is 0 Å². The molecule has 2 aliphatic carbocycles. The average molecular weight is 806 g/mol. The molecule has 7 rings (SSSR count). The minimum atomic E-state index is -3.03. The first-order valence-corrected chi connectivity index (χ1v) is 38.1. The van der Waals surface area contributed by atoms with Gasteiger partial charge >= 0.3 is 282 Å². The van der Waals surface area contributed by atoms with Crippen molar-refractivity contribution in [2.75, 3.05) is 0 Å². The molecule has 1 aliphatic heterocycles. The van der Waals surface area contributed by atoms with E-state index in [1.165, 1.54) is 39.4 Å². The van der Waals surface area contributed by atoms with Crippen molar-refractivity contribution in [3.63, 3.8) is 0 Å². The number of fused-ring (bicyclic) bond motifs is 6. The predicted molar refractivity (Wildman–Crippen MR) is 205 cm³/mol. The topological polar surface area (TPSA) is 0 Å². The Balaban J connectivity index is 1.37. The zero-order chi connectivity index (χ0) is 32.1. The van der Waals surface area contributed by atoms with Crippen LogP contribution in [0.2, 0.25) is 61.2 Å². The normalized spacial score (nSPS) is 23.1. The number of rotatable bonds is 5. The van der Waals surface area contributed by atoms with E-state index in [1.807, 2.05) is 10.4 Å². The van der Waals surface area contributed by atoms with Crippen LogP contribution in [0.3, 0.4) is 0 Å². The molecule has 0 saturated carbocycles. The summed E-state index contributed by atoms with van der Waals surface area (Å²) >= 11 is -3.03. The summed E-state index contributed by atoms with van der Waals surface area (Å²) in [4.78, 5) is 0. The van der Waals surface area contributed by atoms with Gasteiger partial charge in [-0.05, 0) is 0 Å². The third-order valence-electron chi connectivity index (χ3n) is 11.7. The van der Waals surface area contributed by atoms with Crippen molar-refractivity contribution in [2.45, 2.75) is 75.5 Å². The molecule has 230 valence electrons. The first-order valence-electron chi connectivity index (χ1n) is 17.1. The molecule has 1 fully saturated rings. The Morgan fingerprint density at radius 1 is 0.578 bits per heavy atom. The van der Waals surface area contributed by atoms with E-state index < -0.39 is 44.2 Å². The quantitative estimate of drug-likeness (QED) is 0.176. The van der Waals surface area contributed by atoms with Crippen molar-refractivity contribution in [3.8, 4) is 22.3 Å². The van der Waals surface area contributed by atoms with E-state index in [1.54, 1.807) is 21.5 Å². The Kier molecular flexibility index (Phi) is 7.48. The van der Waals surface area contributed by atoms with Crippen LogP contribution in [0.5, 0.6) is 0 Å². The Bertz CT molecular complexity index is 1750. The Morgan fingerprint density at radius 2 is 0.956 bits per heavy atom. The number of hydrogen-bond acceptors (Lipinski definition) is 0. The van der Waals surface area contributed by atoms with Crippen LogP contribution in [0.15, 0.2) is 95.3 Å². The van der Waals surface area contributed by atoms with Crippen molar-refractivity contribution in [1.82, 2.24) is 0 Å². The zero-order valence-electron chi connectivity index (χ0n) is 29.1. The van der Waals surface area contributed by atoms with E-state index in [-0.39, 0.29) is 0 Å². The molecule has 1 heterocycles. The fourth-order valence-electron chi connectivity index (χ4n) is 8.91. The van der Waals surface area contributed by atoms with Crippen LogP contribution < -0.4 is 10.4 Å². The molecule has 3 aliphatic rings. The maximum absolute atomic E-state index is 3.03. The molecule has 0 nitrogen and oxygen atoms in total. The summed E-state index contributed by atoms with van der Waals surface area (Å²) in [5.41, 5.74) is 12.0. The van der Waals surface area contributed by atoms with Gasteiger partial charge in [-0.15, -0.1) is 0 Å². The Hall–Kier alpha value is -2.12. The standard InChI is InChI=1S/C39H44Si3.2CH3.Hf/c1-9-42(8,34-24-30-12-10-14-36(38(30)26-34)28-16-20-32(21-17-28)40(2,3)4)35-25-31-13-11-15-37(39(31)27-35)29-18-22-33(23-19-29)41(5,6)7;;;/h10-27H,9H2,1-8H3;2*1H3;. The van der Waals surface area contributed by atoms with Gasteiger partial charge in [-0.2, -0.15) is 0 Å². The Labute approximate surface area is 280 Å². The van der Waals surface area contributed by atoms with Crippen LogP contribution in [-0.4, -0.2) is 24.2 Å². The fourth-order valence-corrected chi connectivity index (χ4v) is 43.0. The maximum atomic E-state index is 2.79. The van der Waals surface area contributed by atoms with Gasteiger partial charge in [0.25, 0.3) is 0 Å². The van der Waals surface area contributed by atoms with Crippen molar-refractivity contribution in [3.05, 3.63) is 118 Å². The summed E-state index contributed by atoms with van der Waals surface area (Å²) < 4.78 is 6.95. The molecule has 4 heteroatoms. The van der Waals surface area contributed by atoms with Crippen molar-refractivity contribution in [2.24, 2.45) is 0 Å². The van der Waals surface area contributed by atoms with Gasteiger partial charge in [0.2, 0.25) is 0 Å². The number of benzene rings is 4. The summed E-state index contributed by atoms with van der Waals surface area (Å²) in [6.45, 7) is 19.9. The van der Waals surface area contributed by atoms with Gasteiger partial charge in [-0.3, -0.25) is 0 Å². The second-order valence-corrected chi connectivity index (χ2v) is 48.8. The van der Waals surface area contributed by atoms with Gasteiger partial charge in [0.05, 0.1) is 0 Å². The first-order chi connectivity index (χ1) is 21.2. The van der Waals surface area contributed by atoms with Gasteiger partial charge in [0.15, 0.2) is 0 Å². The van der Waals surface area contributed by atoms with Crippen LogP contribution in [0.4, 0.5) is 0 Å². The summed E-state index contributed by atoms with van der Waals surface area (Å²) in [5, 5.41) is 6.79. The molecule has 0 radical (unpaired) electrons. The third-order valence-corrected chi connectivity index (χ3v) is 37.9. The van der Waals surface area contributed by atoms with Crippen molar-refractivity contribution >= 4 is 46.7 Å². The van der Waals surface area contributed by atoms with Gasteiger partial charge in [0.1, 0.15) is 0 Å². The van der Waals surface area contributed by atoms with E-state index >= 15 is 0 Å². The molecule has 4 aromatic rings. The van der Waals surface area contributed by atoms with Gasteiger partial charge in [0, 0.05) is 0 Å². The zero-order valence-corrected chi connectivity index (χ0v) is 35.7. The average Bonchev–Trinajstić information content (AvgIpc) is 3.61. The number of hydrogen-bond donors (Lipinski definition) is 0. The summed E-state index contributed by atoms with van der Waals surface area (Å²) in [6, 6.07) is 35.1.